The summed E-state index contributed by atoms with van der Waals surface area (Å²) in [6.07, 6.45) is 0. The molecule has 0 saturated carbocycles. The number of nitrogens with one attached hydrogen (secondary N) is 1. The van der Waals surface area contributed by atoms with Crippen LogP contribution in [0.4, 0.5) is 14.5 Å². The van der Waals surface area contributed by atoms with E-state index in [9.17, 15) is 8.78 Å². The largest absolute Gasteiger partial charge is 0.381 e. The summed E-state index contributed by atoms with van der Waals surface area (Å²) in [7, 11) is 0. The number of hydrogen-bond acceptors (Lipinski definition) is 3. The molecule has 0 fully saturated rings. The number of halogens is 2. The van der Waals surface area contributed by atoms with Gasteiger partial charge in [0.05, 0.1) is 11.6 Å². The Kier molecular flexibility index (Phi) is 4.97. The van der Waals surface area contributed by atoms with E-state index >= 15 is 0 Å². The molecule has 0 unspecified atom stereocenters. The van der Waals surface area contributed by atoms with Gasteiger partial charge in [-0.15, -0.1) is 0 Å². The van der Waals surface area contributed by atoms with Crippen LogP contribution in [0.3, 0.4) is 0 Å². The van der Waals surface area contributed by atoms with Gasteiger partial charge >= 0.3 is 0 Å². The lowest BCUT2D eigenvalue weighted by Crippen LogP contribution is -1.99. The Balaban J connectivity index is 1.95. The first kappa shape index (κ1) is 14.4. The molecular weight excluding hydrogens is 278 g/mol. The highest BCUT2D eigenvalue weighted by atomic mass is 32.2. The van der Waals surface area contributed by atoms with E-state index in [1.165, 1.54) is 0 Å². The fourth-order valence-corrected chi connectivity index (χ4v) is 2.21. The van der Waals surface area contributed by atoms with Crippen molar-refractivity contribution in [2.75, 3.05) is 5.32 Å². The standard InChI is InChI=1S/C15H12F2N2S/c16-15(17)20-14-6-4-13(5-7-14)19-10-12-3-1-2-11(8-12)9-18/h1-8,15,19H,10H2. The van der Waals surface area contributed by atoms with E-state index in [0.29, 0.717) is 28.8 Å². The summed E-state index contributed by atoms with van der Waals surface area (Å²) in [5.41, 5.74) is 2.47. The van der Waals surface area contributed by atoms with Gasteiger partial charge < -0.3 is 5.32 Å². The molecule has 0 aliphatic heterocycles. The topological polar surface area (TPSA) is 35.8 Å². The lowest BCUT2D eigenvalue weighted by atomic mass is 10.1. The Morgan fingerprint density at radius 1 is 1.15 bits per heavy atom. The van der Waals surface area contributed by atoms with Crippen molar-refractivity contribution in [2.45, 2.75) is 17.2 Å². The number of nitrogens with zero attached hydrogens (tertiary/aromatic N) is 1. The molecule has 1 N–H and O–H groups in total. The number of nitriles is 1. The highest BCUT2D eigenvalue weighted by Gasteiger charge is 2.04. The Morgan fingerprint density at radius 3 is 2.55 bits per heavy atom. The van der Waals surface area contributed by atoms with E-state index in [-0.39, 0.29) is 0 Å². The summed E-state index contributed by atoms with van der Waals surface area (Å²) in [6, 6.07) is 16.3. The molecule has 102 valence electrons. The van der Waals surface area contributed by atoms with E-state index in [0.717, 1.165) is 11.3 Å². The maximum absolute atomic E-state index is 12.2. The molecule has 0 aliphatic carbocycles. The monoisotopic (exact) mass is 290 g/mol. The number of thioether (sulfide) groups is 1. The van der Waals surface area contributed by atoms with Gasteiger partial charge in [0.1, 0.15) is 0 Å². The smallest absolute Gasteiger partial charge is 0.288 e. The van der Waals surface area contributed by atoms with Gasteiger partial charge in [-0.25, -0.2) is 0 Å². The Labute approximate surface area is 120 Å². The third kappa shape index (κ3) is 4.25. The van der Waals surface area contributed by atoms with Gasteiger partial charge in [-0.2, -0.15) is 14.0 Å². The van der Waals surface area contributed by atoms with E-state index < -0.39 is 5.76 Å². The molecular formula is C15H12F2N2S. The number of alkyl halides is 2. The van der Waals surface area contributed by atoms with Crippen LogP contribution in [-0.4, -0.2) is 5.76 Å². The van der Waals surface area contributed by atoms with Crippen molar-refractivity contribution in [3.05, 3.63) is 59.7 Å². The predicted molar refractivity (Wildman–Crippen MR) is 76.8 cm³/mol. The van der Waals surface area contributed by atoms with Crippen LogP contribution in [-0.2, 0) is 6.54 Å². The van der Waals surface area contributed by atoms with Gasteiger partial charge in [0, 0.05) is 17.1 Å². The number of hydrogen-bond donors (Lipinski definition) is 1. The molecule has 5 heteroatoms. The summed E-state index contributed by atoms with van der Waals surface area (Å²) in [6.45, 7) is 0.580. The molecule has 0 amide bonds. The molecule has 0 heterocycles. The van der Waals surface area contributed by atoms with E-state index in [2.05, 4.69) is 11.4 Å². The molecule has 0 bridgehead atoms. The second-order valence-electron chi connectivity index (χ2n) is 4.07. The summed E-state index contributed by atoms with van der Waals surface area (Å²) < 4.78 is 24.4. The van der Waals surface area contributed by atoms with Gasteiger partial charge in [0.25, 0.3) is 5.76 Å². The number of anilines is 1. The van der Waals surface area contributed by atoms with Crippen LogP contribution in [0.1, 0.15) is 11.1 Å². The highest BCUT2D eigenvalue weighted by molar-refractivity contribution is 7.99. The van der Waals surface area contributed by atoms with E-state index in [1.54, 1.807) is 30.3 Å². The second-order valence-corrected chi connectivity index (χ2v) is 5.13. The molecule has 0 aromatic heterocycles. The zero-order chi connectivity index (χ0) is 14.4. The SMILES string of the molecule is N#Cc1cccc(CNc2ccc(SC(F)F)cc2)c1. The predicted octanol–water partition coefficient (Wildman–Crippen LogP) is 4.49. The fraction of sp³-hybridized carbons (Fsp3) is 0.133. The van der Waals surface area contributed by atoms with Crippen molar-refractivity contribution >= 4 is 17.4 Å². The third-order valence-corrected chi connectivity index (χ3v) is 3.35. The van der Waals surface area contributed by atoms with Crippen LogP contribution in [0.25, 0.3) is 0 Å². The molecule has 0 aliphatic rings. The minimum absolute atomic E-state index is 0.529. The summed E-state index contributed by atoms with van der Waals surface area (Å²) in [4.78, 5) is 0.539. The lowest BCUT2D eigenvalue weighted by Gasteiger charge is -2.07. The van der Waals surface area contributed by atoms with Gasteiger partial charge in [-0.1, -0.05) is 23.9 Å². The molecule has 2 aromatic carbocycles. The highest BCUT2D eigenvalue weighted by Crippen LogP contribution is 2.26. The van der Waals surface area contributed by atoms with Crippen molar-refractivity contribution in [2.24, 2.45) is 0 Å². The van der Waals surface area contributed by atoms with Gasteiger partial charge in [-0.3, -0.25) is 0 Å². The summed E-state index contributed by atoms with van der Waals surface area (Å²) >= 11 is 0.529. The zero-order valence-electron chi connectivity index (χ0n) is 10.5. The maximum atomic E-state index is 12.2. The Hall–Kier alpha value is -2.06. The first-order valence-electron chi connectivity index (χ1n) is 5.95. The summed E-state index contributed by atoms with van der Waals surface area (Å²) in [5, 5.41) is 12.0. The molecule has 2 rings (SSSR count). The van der Waals surface area contributed by atoms with Gasteiger partial charge in [-0.05, 0) is 42.0 Å². The van der Waals surface area contributed by atoms with E-state index in [4.69, 9.17) is 5.26 Å². The molecule has 2 aromatic rings. The van der Waals surface area contributed by atoms with Crippen LogP contribution < -0.4 is 5.32 Å². The first-order valence-corrected chi connectivity index (χ1v) is 6.83. The normalized spacial score (nSPS) is 10.3. The quantitative estimate of drug-likeness (QED) is 0.824. The molecule has 0 radical (unpaired) electrons. The van der Waals surface area contributed by atoms with E-state index in [1.807, 2.05) is 18.2 Å². The average molecular weight is 290 g/mol. The van der Waals surface area contributed by atoms with Crippen LogP contribution in [0.15, 0.2) is 53.4 Å². The Morgan fingerprint density at radius 2 is 1.90 bits per heavy atom. The van der Waals surface area contributed by atoms with Crippen molar-refractivity contribution < 1.29 is 8.78 Å². The third-order valence-electron chi connectivity index (χ3n) is 2.63. The Bertz CT molecular complexity index is 606. The molecule has 20 heavy (non-hydrogen) atoms. The minimum Gasteiger partial charge on any atom is -0.381 e. The first-order chi connectivity index (χ1) is 9.67. The molecule has 0 atom stereocenters. The van der Waals surface area contributed by atoms with Crippen LogP contribution in [0, 0.1) is 11.3 Å². The van der Waals surface area contributed by atoms with Crippen LogP contribution in [0.5, 0.6) is 0 Å². The maximum Gasteiger partial charge on any atom is 0.288 e. The summed E-state index contributed by atoms with van der Waals surface area (Å²) in [5.74, 6) is -2.40. The van der Waals surface area contributed by atoms with Gasteiger partial charge in [0.15, 0.2) is 0 Å². The second kappa shape index (κ2) is 6.92. The average Bonchev–Trinajstić information content (AvgIpc) is 2.46. The zero-order valence-corrected chi connectivity index (χ0v) is 11.3. The van der Waals surface area contributed by atoms with Crippen molar-refractivity contribution in [1.29, 1.82) is 5.26 Å². The molecule has 0 saturated heterocycles. The number of benzene rings is 2. The minimum atomic E-state index is -2.40. The van der Waals surface area contributed by atoms with Gasteiger partial charge in [0.2, 0.25) is 0 Å². The molecule has 0 spiro atoms. The van der Waals surface area contributed by atoms with Crippen LogP contribution in [0.2, 0.25) is 0 Å². The molecule has 2 nitrogen and oxygen atoms in total. The number of rotatable bonds is 5. The van der Waals surface area contributed by atoms with Crippen molar-refractivity contribution in [1.82, 2.24) is 0 Å². The van der Waals surface area contributed by atoms with Crippen molar-refractivity contribution in [3.8, 4) is 6.07 Å². The fourth-order valence-electron chi connectivity index (χ4n) is 1.71. The van der Waals surface area contributed by atoms with Crippen LogP contribution >= 0.6 is 11.8 Å². The van der Waals surface area contributed by atoms with Crippen molar-refractivity contribution in [3.63, 3.8) is 0 Å². The lowest BCUT2D eigenvalue weighted by molar-refractivity contribution is 0.252.